The molecule has 190 valence electrons. The fourth-order valence-corrected chi connectivity index (χ4v) is 3.52. The Morgan fingerprint density at radius 2 is 1.72 bits per heavy atom. The van der Waals surface area contributed by atoms with E-state index in [1.165, 1.54) is 24.9 Å². The van der Waals surface area contributed by atoms with Crippen LogP contribution >= 0.6 is 0 Å². The highest BCUT2D eigenvalue weighted by atomic mass is 16.6. The number of hydrogen-bond acceptors (Lipinski definition) is 8. The molecule has 10 heteroatoms. The molecule has 1 unspecified atom stereocenters. The molecular weight excluding hydrogens is 468 g/mol. The van der Waals surface area contributed by atoms with Crippen LogP contribution in [0.2, 0.25) is 0 Å². The smallest absolute Gasteiger partial charge is 0.408 e. The number of fused-ring (bicyclic) bond motifs is 1. The van der Waals surface area contributed by atoms with Crippen molar-refractivity contribution >= 4 is 28.9 Å². The Morgan fingerprint density at radius 3 is 2.42 bits per heavy atom. The van der Waals surface area contributed by atoms with Crippen molar-refractivity contribution in [2.75, 3.05) is 14.2 Å². The molecule has 1 amide bonds. The Kier molecular flexibility index (Phi) is 9.04. The molecule has 0 fully saturated rings. The van der Waals surface area contributed by atoms with Crippen molar-refractivity contribution in [1.29, 1.82) is 0 Å². The average molecular weight is 497 g/mol. The number of methoxy groups -OCH3 is 2. The molecule has 36 heavy (non-hydrogen) atoms. The lowest BCUT2D eigenvalue weighted by Crippen LogP contribution is -2.42. The van der Waals surface area contributed by atoms with Gasteiger partial charge < -0.3 is 28.8 Å². The minimum absolute atomic E-state index is 0.00652. The van der Waals surface area contributed by atoms with E-state index in [4.69, 9.17) is 14.2 Å². The largest absolute Gasteiger partial charge is 0.497 e. The van der Waals surface area contributed by atoms with Gasteiger partial charge in [0.05, 0.1) is 19.7 Å². The van der Waals surface area contributed by atoms with Gasteiger partial charge in [-0.1, -0.05) is 30.3 Å². The van der Waals surface area contributed by atoms with Crippen molar-refractivity contribution in [2.45, 2.75) is 32.1 Å². The highest BCUT2D eigenvalue weighted by Gasteiger charge is 2.25. The van der Waals surface area contributed by atoms with Crippen molar-refractivity contribution in [3.8, 4) is 5.75 Å². The van der Waals surface area contributed by atoms with Gasteiger partial charge in [-0.05, 0) is 30.2 Å². The standard InChI is InChI=1S/C26H28N2O8/c1-28-22-11-9-19(33-2)14-20(22)18(13-23(28)29)16-35-25(31)21(10-12-24(30)34-3)27-26(32)36-15-17-7-5-4-6-8-17/h4-9,11,13-14,21H,10,12,15-16H2,1-3H3,(H,27,32). The van der Waals surface area contributed by atoms with Crippen molar-refractivity contribution in [3.63, 3.8) is 0 Å². The number of nitrogens with one attached hydrogen (secondary N) is 1. The summed E-state index contributed by atoms with van der Waals surface area (Å²) in [6.45, 7) is -0.222. The van der Waals surface area contributed by atoms with Crippen LogP contribution in [0, 0.1) is 0 Å². The molecule has 1 atom stereocenters. The fraction of sp³-hybridized carbons (Fsp3) is 0.308. The van der Waals surface area contributed by atoms with Crippen LogP contribution in [0.1, 0.15) is 24.0 Å². The minimum atomic E-state index is -1.17. The van der Waals surface area contributed by atoms with E-state index >= 15 is 0 Å². The molecule has 1 N–H and O–H groups in total. The normalized spacial score (nSPS) is 11.4. The molecule has 1 heterocycles. The molecule has 10 nitrogen and oxygen atoms in total. The molecule has 0 aliphatic carbocycles. The van der Waals surface area contributed by atoms with Crippen LogP contribution < -0.4 is 15.6 Å². The molecule has 2 aromatic carbocycles. The number of ether oxygens (including phenoxy) is 4. The lowest BCUT2D eigenvalue weighted by molar-refractivity contribution is -0.148. The van der Waals surface area contributed by atoms with Gasteiger partial charge in [0.25, 0.3) is 5.56 Å². The molecule has 0 saturated carbocycles. The summed E-state index contributed by atoms with van der Waals surface area (Å²) in [4.78, 5) is 49.2. The summed E-state index contributed by atoms with van der Waals surface area (Å²) >= 11 is 0. The lowest BCUT2D eigenvalue weighted by Gasteiger charge is -2.18. The summed E-state index contributed by atoms with van der Waals surface area (Å²) in [5.74, 6) is -0.753. The maximum absolute atomic E-state index is 12.9. The van der Waals surface area contributed by atoms with Gasteiger partial charge in [0.1, 0.15) is 25.0 Å². The highest BCUT2D eigenvalue weighted by Crippen LogP contribution is 2.23. The number of rotatable bonds is 10. The predicted octanol–water partition coefficient (Wildman–Crippen LogP) is 2.84. The number of pyridine rings is 1. The first-order valence-electron chi connectivity index (χ1n) is 11.2. The zero-order valence-electron chi connectivity index (χ0n) is 20.3. The molecule has 3 rings (SSSR count). The van der Waals surface area contributed by atoms with E-state index < -0.39 is 24.1 Å². The van der Waals surface area contributed by atoms with E-state index in [1.807, 2.05) is 18.2 Å². The van der Waals surface area contributed by atoms with Gasteiger partial charge in [0.2, 0.25) is 0 Å². The van der Waals surface area contributed by atoms with Gasteiger partial charge in [0, 0.05) is 30.5 Å². The van der Waals surface area contributed by atoms with Gasteiger partial charge >= 0.3 is 18.0 Å². The SMILES string of the molecule is COC(=O)CCC(NC(=O)OCc1ccccc1)C(=O)OCc1cc(=O)n(C)c2ccc(OC)cc12. The van der Waals surface area contributed by atoms with Crippen LogP contribution in [0.3, 0.4) is 0 Å². The summed E-state index contributed by atoms with van der Waals surface area (Å²) in [5, 5.41) is 3.12. The number of nitrogens with zero attached hydrogens (tertiary/aromatic N) is 1. The monoisotopic (exact) mass is 496 g/mol. The summed E-state index contributed by atoms with van der Waals surface area (Å²) in [5.41, 5.74) is 1.61. The number of aromatic nitrogens is 1. The van der Waals surface area contributed by atoms with Crippen LogP contribution in [0.25, 0.3) is 10.9 Å². The second-order valence-electron chi connectivity index (χ2n) is 7.93. The van der Waals surface area contributed by atoms with Gasteiger partial charge in [-0.3, -0.25) is 9.59 Å². The third-order valence-electron chi connectivity index (χ3n) is 5.56. The number of alkyl carbamates (subject to hydrolysis) is 1. The van der Waals surface area contributed by atoms with E-state index in [2.05, 4.69) is 10.1 Å². The molecule has 0 saturated heterocycles. The Hall–Kier alpha value is -4.34. The minimum Gasteiger partial charge on any atom is -0.497 e. The van der Waals surface area contributed by atoms with E-state index in [1.54, 1.807) is 37.4 Å². The Labute approximate surface area is 207 Å². The quantitative estimate of drug-likeness (QED) is 0.336. The van der Waals surface area contributed by atoms with Crippen molar-refractivity contribution < 1.29 is 33.3 Å². The molecule has 0 spiro atoms. The summed E-state index contributed by atoms with van der Waals surface area (Å²) < 4.78 is 22.0. The third kappa shape index (κ3) is 6.84. The Bertz CT molecular complexity index is 1290. The highest BCUT2D eigenvalue weighted by molar-refractivity contribution is 5.85. The summed E-state index contributed by atoms with van der Waals surface area (Å²) in [7, 11) is 4.39. The van der Waals surface area contributed by atoms with Gasteiger partial charge in [-0.25, -0.2) is 9.59 Å². The molecule has 1 aromatic heterocycles. The molecule has 0 aliphatic heterocycles. The number of esters is 2. The van der Waals surface area contributed by atoms with E-state index in [0.29, 0.717) is 22.2 Å². The van der Waals surface area contributed by atoms with Crippen molar-refractivity contribution in [2.24, 2.45) is 7.05 Å². The molecule has 0 bridgehead atoms. The first-order valence-corrected chi connectivity index (χ1v) is 11.2. The zero-order chi connectivity index (χ0) is 26.1. The maximum Gasteiger partial charge on any atom is 0.408 e. The lowest BCUT2D eigenvalue weighted by atomic mass is 10.1. The van der Waals surface area contributed by atoms with Crippen LogP contribution in [0.4, 0.5) is 4.79 Å². The van der Waals surface area contributed by atoms with Crippen LogP contribution in [0.15, 0.2) is 59.4 Å². The van der Waals surface area contributed by atoms with Crippen molar-refractivity contribution in [1.82, 2.24) is 9.88 Å². The van der Waals surface area contributed by atoms with Gasteiger partial charge in [0.15, 0.2) is 0 Å². The number of aryl methyl sites for hydroxylation is 1. The van der Waals surface area contributed by atoms with Crippen LogP contribution in [0.5, 0.6) is 5.75 Å². The molecule has 3 aromatic rings. The third-order valence-corrected chi connectivity index (χ3v) is 5.56. The number of carbonyl (C=O) groups is 3. The van der Waals surface area contributed by atoms with E-state index in [9.17, 15) is 19.2 Å². The molecule has 0 aliphatic rings. The second-order valence-corrected chi connectivity index (χ2v) is 7.93. The first kappa shape index (κ1) is 26.3. The number of carbonyl (C=O) groups excluding carboxylic acids is 3. The molecular formula is C26H28N2O8. The topological polar surface area (TPSA) is 122 Å². The first-order chi connectivity index (χ1) is 17.3. The Balaban J connectivity index is 1.72. The average Bonchev–Trinajstić information content (AvgIpc) is 2.90. The molecule has 0 radical (unpaired) electrons. The van der Waals surface area contributed by atoms with Crippen molar-refractivity contribution in [3.05, 3.63) is 76.1 Å². The fourth-order valence-electron chi connectivity index (χ4n) is 3.52. The zero-order valence-corrected chi connectivity index (χ0v) is 20.3. The Morgan fingerprint density at radius 1 is 0.972 bits per heavy atom. The van der Waals surface area contributed by atoms with Crippen LogP contribution in [-0.2, 0) is 44.1 Å². The number of benzene rings is 2. The van der Waals surface area contributed by atoms with Gasteiger partial charge in [-0.2, -0.15) is 0 Å². The summed E-state index contributed by atoms with van der Waals surface area (Å²) in [6.07, 6.45) is -1.02. The summed E-state index contributed by atoms with van der Waals surface area (Å²) in [6, 6.07) is 14.5. The number of hydrogen-bond donors (Lipinski definition) is 1. The van der Waals surface area contributed by atoms with E-state index in [0.717, 1.165) is 5.56 Å². The number of amides is 1. The maximum atomic E-state index is 12.9. The van der Waals surface area contributed by atoms with E-state index in [-0.39, 0.29) is 31.6 Å². The van der Waals surface area contributed by atoms with Gasteiger partial charge in [-0.15, -0.1) is 0 Å². The predicted molar refractivity (Wildman–Crippen MR) is 130 cm³/mol. The van der Waals surface area contributed by atoms with Crippen LogP contribution in [-0.4, -0.2) is 42.9 Å². The second kappa shape index (κ2) is 12.4.